The lowest BCUT2D eigenvalue weighted by molar-refractivity contribution is -0.326. The van der Waals surface area contributed by atoms with Gasteiger partial charge in [-0.1, -0.05) is 38.5 Å². The number of ether oxygens (including phenoxy) is 6. The highest BCUT2D eigenvalue weighted by molar-refractivity contribution is 5.89. The number of carbonyl (C=O) groups excluding carboxylic acids is 1. The molecule has 2 N–H and O–H groups in total. The zero-order valence-corrected chi connectivity index (χ0v) is 28.2. The van der Waals surface area contributed by atoms with Gasteiger partial charge in [0.2, 0.25) is 0 Å². The molecule has 6 fully saturated rings. The molecule has 1 aromatic carbocycles. The Labute approximate surface area is 273 Å². The smallest absolute Gasteiger partial charge is 0.338 e. The molecule has 1 unspecified atom stereocenters. The van der Waals surface area contributed by atoms with Crippen molar-refractivity contribution in [3.8, 4) is 0 Å². The van der Waals surface area contributed by atoms with E-state index in [0.29, 0.717) is 18.8 Å². The first-order chi connectivity index (χ1) is 22.2. The molecule has 6 aliphatic rings. The first-order valence-electron chi connectivity index (χ1n) is 17.3. The number of unbranched alkanes of at least 4 members (excludes halogenated alkanes) is 1. The van der Waals surface area contributed by atoms with E-state index < -0.39 is 46.8 Å². The predicted octanol–water partition coefficient (Wildman–Crippen LogP) is 2.93. The second-order valence-corrected chi connectivity index (χ2v) is 14.9. The Bertz CT molecular complexity index is 1280. The van der Waals surface area contributed by atoms with E-state index in [4.69, 9.17) is 28.4 Å². The SMILES string of the molecule is CCCCO[C@]12[C@H]3[C@@H](OC(=O)c4ccccc4)[C@](O)(C[C@H]3[C@@]34C5[C@@H]1[C@H](OC)[C@@H]3[C@@](COC)(CC[C@@H]4OC)CN5CC)[C@@H](OC)[C@@H]2O. The van der Waals surface area contributed by atoms with Crippen molar-refractivity contribution >= 4 is 5.97 Å². The van der Waals surface area contributed by atoms with Crippen molar-refractivity contribution in [2.45, 2.75) is 93.7 Å². The Balaban J connectivity index is 1.50. The molecule has 7 bridgehead atoms. The summed E-state index contributed by atoms with van der Waals surface area (Å²) in [5.41, 5.74) is -3.14. The lowest BCUT2D eigenvalue weighted by Gasteiger charge is -2.70. The average Bonchev–Trinajstić information content (AvgIpc) is 3.44. The third kappa shape index (κ3) is 3.90. The summed E-state index contributed by atoms with van der Waals surface area (Å²) >= 11 is 0. The summed E-state index contributed by atoms with van der Waals surface area (Å²) in [5.74, 6) is -1.52. The van der Waals surface area contributed by atoms with Crippen LogP contribution in [0.5, 0.6) is 0 Å². The third-order valence-corrected chi connectivity index (χ3v) is 13.6. The molecule has 10 heteroatoms. The molecule has 7 rings (SSSR count). The van der Waals surface area contributed by atoms with Gasteiger partial charge in [0.05, 0.1) is 24.4 Å². The van der Waals surface area contributed by atoms with Crippen molar-refractivity contribution in [2.24, 2.45) is 34.5 Å². The highest BCUT2D eigenvalue weighted by Gasteiger charge is 2.91. The van der Waals surface area contributed by atoms with E-state index in [1.807, 2.05) is 6.07 Å². The number of carbonyl (C=O) groups is 1. The highest BCUT2D eigenvalue weighted by Crippen LogP contribution is 2.80. The molecule has 1 aliphatic heterocycles. The van der Waals surface area contributed by atoms with Crippen LogP contribution in [0.3, 0.4) is 0 Å². The maximum absolute atomic E-state index is 13.8. The normalized spacial score (nSPS) is 48.4. The number of likely N-dealkylation sites (tertiary alicyclic amines) is 1. The molecule has 14 atom stereocenters. The van der Waals surface area contributed by atoms with Crippen LogP contribution in [0.15, 0.2) is 30.3 Å². The third-order valence-electron chi connectivity index (χ3n) is 13.6. The van der Waals surface area contributed by atoms with Crippen molar-refractivity contribution in [1.82, 2.24) is 4.90 Å². The van der Waals surface area contributed by atoms with Gasteiger partial charge in [-0.25, -0.2) is 4.79 Å². The number of piperidine rings is 1. The minimum absolute atomic E-state index is 0.0183. The maximum atomic E-state index is 13.8. The maximum Gasteiger partial charge on any atom is 0.338 e. The Morgan fingerprint density at radius 1 is 1.02 bits per heavy atom. The summed E-state index contributed by atoms with van der Waals surface area (Å²) in [6.45, 7) is 6.97. The van der Waals surface area contributed by atoms with Gasteiger partial charge in [0.1, 0.15) is 29.5 Å². The summed E-state index contributed by atoms with van der Waals surface area (Å²) in [6, 6.07) is 8.85. The monoisotopic (exact) mass is 643 g/mol. The fourth-order valence-electron chi connectivity index (χ4n) is 12.6. The number of hydrogen-bond acceptors (Lipinski definition) is 10. The second kappa shape index (κ2) is 11.8. The minimum Gasteiger partial charge on any atom is -0.455 e. The van der Waals surface area contributed by atoms with Crippen LogP contribution in [0.2, 0.25) is 0 Å². The number of esters is 1. The lowest BCUT2D eigenvalue weighted by atomic mass is 9.43. The fraction of sp³-hybridized carbons (Fsp3) is 0.806. The minimum atomic E-state index is -1.64. The number of fused-ring (bicyclic) bond motifs is 2. The second-order valence-electron chi connectivity index (χ2n) is 14.9. The van der Waals surface area contributed by atoms with Crippen LogP contribution in [0.4, 0.5) is 0 Å². The highest BCUT2D eigenvalue weighted by atomic mass is 16.6. The van der Waals surface area contributed by atoms with Crippen LogP contribution in [-0.4, -0.2) is 124 Å². The number of nitrogens with zero attached hydrogens (tertiary/aromatic N) is 1. The molecule has 1 heterocycles. The van der Waals surface area contributed by atoms with E-state index in [0.717, 1.165) is 38.8 Å². The first kappa shape index (κ1) is 32.9. The number of methoxy groups -OCH3 is 4. The number of rotatable bonds is 12. The van der Waals surface area contributed by atoms with Gasteiger partial charge in [0.15, 0.2) is 0 Å². The molecule has 1 spiro atoms. The molecule has 46 heavy (non-hydrogen) atoms. The Hall–Kier alpha value is -1.63. The predicted molar refractivity (Wildman–Crippen MR) is 168 cm³/mol. The van der Waals surface area contributed by atoms with Gasteiger partial charge in [0.25, 0.3) is 0 Å². The first-order valence-corrected chi connectivity index (χ1v) is 17.3. The molecule has 0 radical (unpaired) electrons. The van der Waals surface area contributed by atoms with Crippen LogP contribution in [-0.2, 0) is 28.4 Å². The van der Waals surface area contributed by atoms with Gasteiger partial charge in [-0.15, -0.1) is 0 Å². The summed E-state index contributed by atoms with van der Waals surface area (Å²) in [6.07, 6.45) is 0.170. The largest absolute Gasteiger partial charge is 0.455 e. The van der Waals surface area contributed by atoms with E-state index in [9.17, 15) is 15.0 Å². The van der Waals surface area contributed by atoms with Crippen LogP contribution < -0.4 is 0 Å². The molecule has 1 saturated heterocycles. The van der Waals surface area contributed by atoms with E-state index in [2.05, 4.69) is 18.7 Å². The Morgan fingerprint density at radius 3 is 2.41 bits per heavy atom. The van der Waals surface area contributed by atoms with E-state index in [1.165, 1.54) is 7.11 Å². The summed E-state index contributed by atoms with van der Waals surface area (Å²) in [4.78, 5) is 16.4. The molecule has 5 saturated carbocycles. The standard InChI is InChI=1S/C36H53NO9/c1-7-9-17-45-36-24-22(18-34(40,31(44-6)29(36)38)30(24)46-32(39)21-13-11-10-12-14-21)35-23(42-4)15-16-33(20-41-3)19-37(8-2)28(35)25(36)26(43-5)27(33)35/h10-14,22-31,38,40H,7-9,15-20H2,1-6H3/t22-,23+,24-,25+,26+,27-,28?,29+,30-,31+,33+,34-,35+,36-/m1/s1. The van der Waals surface area contributed by atoms with Crippen molar-refractivity contribution in [2.75, 3.05) is 54.7 Å². The van der Waals surface area contributed by atoms with Gasteiger partial charge < -0.3 is 38.6 Å². The van der Waals surface area contributed by atoms with E-state index in [1.54, 1.807) is 45.6 Å². The zero-order valence-electron chi connectivity index (χ0n) is 28.2. The molecular weight excluding hydrogens is 590 g/mol. The topological polar surface area (TPSA) is 116 Å². The summed E-state index contributed by atoms with van der Waals surface area (Å²) < 4.78 is 39.0. The summed E-state index contributed by atoms with van der Waals surface area (Å²) in [5, 5.41) is 25.6. The van der Waals surface area contributed by atoms with Gasteiger partial charge in [0, 0.05) is 76.2 Å². The van der Waals surface area contributed by atoms with Gasteiger partial charge >= 0.3 is 5.97 Å². The molecule has 0 aromatic heterocycles. The zero-order chi connectivity index (χ0) is 32.6. The molecule has 256 valence electrons. The van der Waals surface area contributed by atoms with Gasteiger partial charge in [-0.2, -0.15) is 0 Å². The van der Waals surface area contributed by atoms with Gasteiger partial charge in [-0.3, -0.25) is 4.90 Å². The molecule has 0 amide bonds. The molecule has 10 nitrogen and oxygen atoms in total. The van der Waals surface area contributed by atoms with Gasteiger partial charge in [-0.05, 0) is 50.3 Å². The molecular formula is C36H53NO9. The molecule has 1 aromatic rings. The van der Waals surface area contributed by atoms with E-state index >= 15 is 0 Å². The fourth-order valence-corrected chi connectivity index (χ4v) is 12.6. The number of aliphatic hydroxyl groups is 2. The Morgan fingerprint density at radius 2 is 1.78 bits per heavy atom. The van der Waals surface area contributed by atoms with E-state index in [-0.39, 0.29) is 47.8 Å². The van der Waals surface area contributed by atoms with Crippen molar-refractivity contribution < 1.29 is 43.4 Å². The molecule has 5 aliphatic carbocycles. The van der Waals surface area contributed by atoms with Crippen LogP contribution in [0, 0.1) is 34.5 Å². The van der Waals surface area contributed by atoms with Crippen LogP contribution in [0.1, 0.15) is 56.3 Å². The average molecular weight is 644 g/mol. The number of aliphatic hydroxyl groups excluding tert-OH is 1. The van der Waals surface area contributed by atoms with Crippen molar-refractivity contribution in [3.05, 3.63) is 35.9 Å². The Kier molecular flexibility index (Phi) is 8.41. The summed E-state index contributed by atoms with van der Waals surface area (Å²) in [7, 11) is 6.89. The van der Waals surface area contributed by atoms with Crippen molar-refractivity contribution in [1.29, 1.82) is 0 Å². The number of benzene rings is 1. The number of hydrogen-bond donors (Lipinski definition) is 2. The quantitative estimate of drug-likeness (QED) is 0.260. The van der Waals surface area contributed by atoms with Crippen LogP contribution in [0.25, 0.3) is 0 Å². The lowest BCUT2D eigenvalue weighted by Crippen LogP contribution is -2.80. The van der Waals surface area contributed by atoms with Crippen molar-refractivity contribution in [3.63, 3.8) is 0 Å². The van der Waals surface area contributed by atoms with Crippen LogP contribution >= 0.6 is 0 Å².